The van der Waals surface area contributed by atoms with E-state index in [1.807, 2.05) is 19.9 Å². The van der Waals surface area contributed by atoms with Crippen LogP contribution in [-0.2, 0) is 16.3 Å². The molecule has 7 nitrogen and oxygen atoms in total. The first-order chi connectivity index (χ1) is 9.20. The van der Waals surface area contributed by atoms with Gasteiger partial charge in [0.05, 0.1) is 11.7 Å². The predicted octanol–water partition coefficient (Wildman–Crippen LogP) is 1.17. The summed E-state index contributed by atoms with van der Waals surface area (Å²) in [6, 6.07) is 1.53. The summed E-state index contributed by atoms with van der Waals surface area (Å²) in [6.45, 7) is 10.1. The molecule has 0 saturated carbocycles. The van der Waals surface area contributed by atoms with Crippen LogP contribution in [0.4, 0.5) is 0 Å². The van der Waals surface area contributed by atoms with Gasteiger partial charge in [-0.2, -0.15) is 14.7 Å². The zero-order chi connectivity index (χ0) is 15.1. The standard InChI is InChI=1S/C12H21N5O2S/c1-7(2)10(16-20(18)19)11-14-13-9-6-8(12(3,4)5)15-17(9)11/h6-7,10,13,20H,1-5H3,(H,16,18,19). The van der Waals surface area contributed by atoms with E-state index >= 15 is 0 Å². The molecular weight excluding hydrogens is 278 g/mol. The Balaban J connectivity index is 2.50. The van der Waals surface area contributed by atoms with Gasteiger partial charge in [-0.05, 0) is 5.92 Å². The smallest absolute Gasteiger partial charge is 0.202 e. The van der Waals surface area contributed by atoms with Crippen LogP contribution in [0.5, 0.6) is 0 Å². The molecule has 0 radical (unpaired) electrons. The Hall–Kier alpha value is -1.41. The molecule has 8 heteroatoms. The van der Waals surface area contributed by atoms with Crippen molar-refractivity contribution in [1.29, 1.82) is 0 Å². The van der Waals surface area contributed by atoms with Crippen LogP contribution in [0.2, 0.25) is 0 Å². The first-order valence-electron chi connectivity index (χ1n) is 6.55. The Bertz CT molecular complexity index is 670. The predicted molar refractivity (Wildman–Crippen MR) is 77.1 cm³/mol. The second-order valence-electron chi connectivity index (χ2n) is 6.27. The molecule has 2 aromatic rings. The van der Waals surface area contributed by atoms with E-state index in [0.29, 0.717) is 5.82 Å². The van der Waals surface area contributed by atoms with E-state index in [-0.39, 0.29) is 11.3 Å². The highest BCUT2D eigenvalue weighted by molar-refractivity contribution is 7.70. The molecule has 0 aromatic carbocycles. The number of hydrogen-bond acceptors (Lipinski definition) is 4. The summed E-state index contributed by atoms with van der Waals surface area (Å²) in [5.74, 6) is 0.640. The number of aromatic nitrogens is 4. The molecule has 0 fully saturated rings. The fraction of sp³-hybridized carbons (Fsp3) is 0.667. The van der Waals surface area contributed by atoms with Gasteiger partial charge in [0.1, 0.15) is 0 Å². The molecule has 0 aliphatic rings. The number of nitrogens with zero attached hydrogens (tertiary/aromatic N) is 3. The maximum Gasteiger partial charge on any atom is 0.202 e. The molecule has 0 bridgehead atoms. The van der Waals surface area contributed by atoms with Crippen LogP contribution in [0.3, 0.4) is 0 Å². The average molecular weight is 299 g/mol. The third-order valence-corrected chi connectivity index (χ3v) is 3.66. The minimum absolute atomic E-state index is 0.0664. The van der Waals surface area contributed by atoms with Crippen molar-refractivity contribution < 1.29 is 8.42 Å². The van der Waals surface area contributed by atoms with Crippen molar-refractivity contribution in [2.75, 3.05) is 0 Å². The van der Waals surface area contributed by atoms with Gasteiger partial charge in [-0.3, -0.25) is 5.10 Å². The molecule has 2 rings (SSSR count). The van der Waals surface area contributed by atoms with Crippen molar-refractivity contribution in [3.63, 3.8) is 0 Å². The van der Waals surface area contributed by atoms with E-state index in [0.717, 1.165) is 11.3 Å². The van der Waals surface area contributed by atoms with E-state index < -0.39 is 16.9 Å². The second kappa shape index (κ2) is 5.17. The number of nitrogens with one attached hydrogen (secondary N) is 2. The molecule has 0 spiro atoms. The maximum atomic E-state index is 11.0. The van der Waals surface area contributed by atoms with Crippen molar-refractivity contribution in [3.05, 3.63) is 17.6 Å². The molecule has 0 saturated heterocycles. The molecule has 0 amide bonds. The first kappa shape index (κ1) is 15.0. The fourth-order valence-electron chi connectivity index (χ4n) is 1.98. The Morgan fingerprint density at radius 3 is 2.50 bits per heavy atom. The summed E-state index contributed by atoms with van der Waals surface area (Å²) < 4.78 is 26.1. The maximum absolute atomic E-state index is 11.0. The summed E-state index contributed by atoms with van der Waals surface area (Å²) in [6.07, 6.45) is 0. The van der Waals surface area contributed by atoms with Crippen LogP contribution in [0.1, 0.15) is 52.2 Å². The normalized spacial score (nSPS) is 14.6. The Kier molecular flexibility index (Phi) is 3.88. The number of rotatable bonds is 4. The molecule has 0 aliphatic heterocycles. The zero-order valence-corrected chi connectivity index (χ0v) is 13.2. The molecule has 2 aromatic heterocycles. The van der Waals surface area contributed by atoms with Crippen LogP contribution in [0.25, 0.3) is 5.65 Å². The van der Waals surface area contributed by atoms with Gasteiger partial charge in [-0.15, -0.1) is 0 Å². The quantitative estimate of drug-likeness (QED) is 0.739. The molecular formula is C12H21N5O2S. The number of H-pyrrole nitrogens is 1. The van der Waals surface area contributed by atoms with E-state index in [9.17, 15) is 8.42 Å². The second-order valence-corrected chi connectivity index (χ2v) is 7.04. The molecule has 1 atom stereocenters. The number of thiol groups is 1. The van der Waals surface area contributed by atoms with Crippen LogP contribution in [-0.4, -0.2) is 28.2 Å². The van der Waals surface area contributed by atoms with Gasteiger partial charge in [0.15, 0.2) is 11.5 Å². The fourth-order valence-corrected chi connectivity index (χ4v) is 2.62. The van der Waals surface area contributed by atoms with Gasteiger partial charge in [-0.1, -0.05) is 34.6 Å². The molecule has 0 aliphatic carbocycles. The minimum Gasteiger partial charge on any atom is -0.259 e. The molecule has 2 heterocycles. The highest BCUT2D eigenvalue weighted by atomic mass is 32.2. The third-order valence-electron chi connectivity index (χ3n) is 3.17. The Morgan fingerprint density at radius 1 is 1.35 bits per heavy atom. The van der Waals surface area contributed by atoms with E-state index in [2.05, 4.69) is 40.8 Å². The van der Waals surface area contributed by atoms with E-state index in [1.165, 1.54) is 0 Å². The van der Waals surface area contributed by atoms with Crippen molar-refractivity contribution >= 4 is 16.5 Å². The molecule has 2 N–H and O–H groups in total. The summed E-state index contributed by atoms with van der Waals surface area (Å²) in [4.78, 5) is 0. The van der Waals surface area contributed by atoms with Gasteiger partial charge < -0.3 is 0 Å². The van der Waals surface area contributed by atoms with Crippen LogP contribution in [0, 0.1) is 5.92 Å². The van der Waals surface area contributed by atoms with Crippen molar-refractivity contribution in [2.45, 2.75) is 46.1 Å². The molecule has 1 unspecified atom stereocenters. The lowest BCUT2D eigenvalue weighted by molar-refractivity contribution is 0.440. The summed E-state index contributed by atoms with van der Waals surface area (Å²) in [5, 5.41) is 11.6. The summed E-state index contributed by atoms with van der Waals surface area (Å²) in [7, 11) is -2.69. The van der Waals surface area contributed by atoms with Crippen LogP contribution < -0.4 is 4.72 Å². The highest BCUT2D eigenvalue weighted by Gasteiger charge is 2.25. The topological polar surface area (TPSA) is 92.1 Å². The number of fused-ring (bicyclic) bond motifs is 1. The van der Waals surface area contributed by atoms with Gasteiger partial charge in [0, 0.05) is 11.5 Å². The van der Waals surface area contributed by atoms with E-state index in [4.69, 9.17) is 0 Å². The van der Waals surface area contributed by atoms with Crippen LogP contribution >= 0.6 is 0 Å². The van der Waals surface area contributed by atoms with Crippen molar-refractivity contribution in [1.82, 2.24) is 24.5 Å². The molecule has 20 heavy (non-hydrogen) atoms. The van der Waals surface area contributed by atoms with Crippen LogP contribution in [0.15, 0.2) is 6.07 Å². The lowest BCUT2D eigenvalue weighted by atomic mass is 9.93. The Morgan fingerprint density at radius 2 is 2.00 bits per heavy atom. The lowest BCUT2D eigenvalue weighted by Crippen LogP contribution is -2.26. The van der Waals surface area contributed by atoms with Gasteiger partial charge in [0.2, 0.25) is 10.9 Å². The highest BCUT2D eigenvalue weighted by Crippen LogP contribution is 2.25. The summed E-state index contributed by atoms with van der Waals surface area (Å²) in [5.41, 5.74) is 1.62. The molecule has 112 valence electrons. The zero-order valence-electron chi connectivity index (χ0n) is 12.3. The van der Waals surface area contributed by atoms with Gasteiger partial charge >= 0.3 is 0 Å². The van der Waals surface area contributed by atoms with Gasteiger partial charge in [0.25, 0.3) is 0 Å². The minimum atomic E-state index is -2.69. The van der Waals surface area contributed by atoms with Gasteiger partial charge in [-0.25, -0.2) is 13.1 Å². The SMILES string of the molecule is CC(C)C(N[SH](=O)=O)c1n[nH]c2cc(C(C)(C)C)nn12. The lowest BCUT2D eigenvalue weighted by Gasteiger charge is -2.17. The monoisotopic (exact) mass is 299 g/mol. The van der Waals surface area contributed by atoms with Crippen molar-refractivity contribution in [3.8, 4) is 0 Å². The number of hydrogen-bond donors (Lipinski definition) is 3. The van der Waals surface area contributed by atoms with E-state index in [1.54, 1.807) is 4.52 Å². The largest absolute Gasteiger partial charge is 0.259 e. The number of aromatic amines is 1. The average Bonchev–Trinajstić information content (AvgIpc) is 2.83. The third kappa shape index (κ3) is 2.85. The summed E-state index contributed by atoms with van der Waals surface area (Å²) >= 11 is 0. The first-order valence-corrected chi connectivity index (χ1v) is 7.73. The Labute approximate surface area is 119 Å². The van der Waals surface area contributed by atoms with Crippen molar-refractivity contribution in [2.24, 2.45) is 5.92 Å².